The molecule has 1 heterocycles. The van der Waals surface area contributed by atoms with Gasteiger partial charge in [-0.2, -0.15) is 0 Å². The van der Waals surface area contributed by atoms with Gasteiger partial charge in [-0.15, -0.1) is 0 Å². The van der Waals surface area contributed by atoms with E-state index >= 15 is 0 Å². The number of aromatic nitrogens is 1. The van der Waals surface area contributed by atoms with E-state index in [4.69, 9.17) is 0 Å². The summed E-state index contributed by atoms with van der Waals surface area (Å²) in [4.78, 5) is 17.5. The number of rotatable bonds is 4. The van der Waals surface area contributed by atoms with Gasteiger partial charge in [0, 0.05) is 0 Å². The van der Waals surface area contributed by atoms with Crippen molar-refractivity contribution in [1.82, 2.24) is 4.98 Å². The van der Waals surface area contributed by atoms with Crippen LogP contribution in [0.1, 0.15) is 30.0 Å². The second-order valence-electron chi connectivity index (χ2n) is 2.74. The molecule has 0 aliphatic carbocycles. The van der Waals surface area contributed by atoms with Crippen molar-refractivity contribution in [3.8, 4) is 0 Å². The van der Waals surface area contributed by atoms with Crippen LogP contribution in [0, 0.1) is 0 Å². The Labute approximate surface area is 84.5 Å². The molecule has 0 fully saturated rings. The predicted octanol–water partition coefficient (Wildman–Crippen LogP) is 1.19. The summed E-state index contributed by atoms with van der Waals surface area (Å²) >= 11 is 0.137. The van der Waals surface area contributed by atoms with E-state index in [1.165, 1.54) is 0 Å². The SMILES string of the molecule is CCN(CC)c1ncc(C(C)=O)[se]1. The van der Waals surface area contributed by atoms with Crippen LogP contribution in [0.4, 0.5) is 4.69 Å². The van der Waals surface area contributed by atoms with Gasteiger partial charge in [0.25, 0.3) is 0 Å². The van der Waals surface area contributed by atoms with Gasteiger partial charge in [0.2, 0.25) is 0 Å². The standard InChI is InChI=1S/C9H14N2OSe/c1-4-11(5-2)9-10-6-8(13-9)7(3)12/h6H,4-5H2,1-3H3. The van der Waals surface area contributed by atoms with E-state index in [2.05, 4.69) is 23.7 Å². The van der Waals surface area contributed by atoms with Gasteiger partial charge in [-0.3, -0.25) is 0 Å². The molecule has 13 heavy (non-hydrogen) atoms. The molecular weight excluding hydrogens is 231 g/mol. The number of Topliss-reactive ketones (excluding diaryl/α,β-unsaturated/α-hetero) is 1. The molecule has 0 radical (unpaired) electrons. The Morgan fingerprint density at radius 3 is 2.54 bits per heavy atom. The normalized spacial score (nSPS) is 10.1. The van der Waals surface area contributed by atoms with Crippen LogP contribution in [0.15, 0.2) is 6.20 Å². The number of anilines is 1. The van der Waals surface area contributed by atoms with Crippen LogP contribution in [-0.4, -0.2) is 38.4 Å². The van der Waals surface area contributed by atoms with E-state index < -0.39 is 0 Å². The predicted molar refractivity (Wildman–Crippen MR) is 54.7 cm³/mol. The molecule has 3 nitrogen and oxygen atoms in total. The summed E-state index contributed by atoms with van der Waals surface area (Å²) in [6.07, 6.45) is 1.72. The molecule has 0 amide bonds. The molecule has 0 bridgehead atoms. The van der Waals surface area contributed by atoms with Gasteiger partial charge in [0.1, 0.15) is 0 Å². The number of carbonyl (C=O) groups excluding carboxylic acids is 1. The fourth-order valence-corrected chi connectivity index (χ4v) is 3.04. The van der Waals surface area contributed by atoms with Gasteiger partial charge in [0.15, 0.2) is 0 Å². The number of ketones is 1. The molecule has 0 aliphatic rings. The van der Waals surface area contributed by atoms with E-state index in [1.807, 2.05) is 0 Å². The van der Waals surface area contributed by atoms with Crippen molar-refractivity contribution in [1.29, 1.82) is 0 Å². The fraction of sp³-hybridized carbons (Fsp3) is 0.556. The van der Waals surface area contributed by atoms with Crippen LogP contribution in [0.2, 0.25) is 0 Å². The van der Waals surface area contributed by atoms with Crippen molar-refractivity contribution in [2.24, 2.45) is 0 Å². The molecule has 0 aliphatic heterocycles. The summed E-state index contributed by atoms with van der Waals surface area (Å²) in [6.45, 7) is 7.75. The molecular formula is C9H14N2OSe. The third-order valence-corrected chi connectivity index (χ3v) is 4.31. The van der Waals surface area contributed by atoms with Crippen LogP contribution in [0.3, 0.4) is 0 Å². The van der Waals surface area contributed by atoms with Crippen molar-refractivity contribution in [3.05, 3.63) is 10.6 Å². The third-order valence-electron chi connectivity index (χ3n) is 1.87. The molecule has 0 spiro atoms. The maximum atomic E-state index is 11.0. The first-order valence-corrected chi connectivity index (χ1v) is 6.12. The summed E-state index contributed by atoms with van der Waals surface area (Å²) in [5.41, 5.74) is 0. The van der Waals surface area contributed by atoms with Gasteiger partial charge >= 0.3 is 84.2 Å². The molecule has 0 atom stereocenters. The van der Waals surface area contributed by atoms with E-state index in [0.29, 0.717) is 0 Å². The summed E-state index contributed by atoms with van der Waals surface area (Å²) in [7, 11) is 0. The molecule has 4 heteroatoms. The molecule has 1 aromatic heterocycles. The molecule has 0 saturated heterocycles. The zero-order chi connectivity index (χ0) is 9.84. The zero-order valence-electron chi connectivity index (χ0n) is 8.20. The van der Waals surface area contributed by atoms with E-state index in [1.54, 1.807) is 13.1 Å². The molecule has 72 valence electrons. The second-order valence-corrected chi connectivity index (χ2v) is 4.85. The quantitative estimate of drug-likeness (QED) is 0.590. The van der Waals surface area contributed by atoms with Crippen LogP contribution in [0.25, 0.3) is 0 Å². The Hall–Kier alpha value is -0.601. The van der Waals surface area contributed by atoms with E-state index in [0.717, 1.165) is 22.2 Å². The summed E-state index contributed by atoms with van der Waals surface area (Å²) in [6, 6.07) is 0. The first kappa shape index (κ1) is 10.5. The van der Waals surface area contributed by atoms with Crippen LogP contribution >= 0.6 is 0 Å². The van der Waals surface area contributed by atoms with Crippen molar-refractivity contribution in [2.75, 3.05) is 18.0 Å². The van der Waals surface area contributed by atoms with Gasteiger partial charge in [-0.05, 0) is 0 Å². The molecule has 1 aromatic rings. The van der Waals surface area contributed by atoms with E-state index in [9.17, 15) is 4.79 Å². The second kappa shape index (κ2) is 4.58. The first-order chi connectivity index (χ1) is 6.19. The van der Waals surface area contributed by atoms with Crippen LogP contribution < -0.4 is 4.90 Å². The number of carbonyl (C=O) groups is 1. The Bertz CT molecular complexity index is 292. The molecule has 0 saturated carbocycles. The topological polar surface area (TPSA) is 33.2 Å². The third kappa shape index (κ3) is 2.42. The average Bonchev–Trinajstić information content (AvgIpc) is 2.56. The van der Waals surface area contributed by atoms with Crippen LogP contribution in [0.5, 0.6) is 0 Å². The average molecular weight is 245 g/mol. The minimum absolute atomic E-state index is 0.137. The van der Waals surface area contributed by atoms with E-state index in [-0.39, 0.29) is 20.3 Å². The molecule has 1 rings (SSSR count). The van der Waals surface area contributed by atoms with Crippen molar-refractivity contribution >= 4 is 25.0 Å². The Morgan fingerprint density at radius 1 is 1.54 bits per heavy atom. The minimum atomic E-state index is 0.137. The Kier molecular flexibility index (Phi) is 3.70. The zero-order valence-corrected chi connectivity index (χ0v) is 9.92. The number of hydrogen-bond donors (Lipinski definition) is 0. The number of nitrogens with zero attached hydrogens (tertiary/aromatic N) is 2. The summed E-state index contributed by atoms with van der Waals surface area (Å²) < 4.78 is 1.97. The monoisotopic (exact) mass is 246 g/mol. The van der Waals surface area contributed by atoms with Gasteiger partial charge in [-0.1, -0.05) is 0 Å². The molecule has 0 N–H and O–H groups in total. The van der Waals surface area contributed by atoms with Crippen molar-refractivity contribution in [2.45, 2.75) is 20.8 Å². The molecule has 0 aromatic carbocycles. The van der Waals surface area contributed by atoms with Crippen LogP contribution in [-0.2, 0) is 0 Å². The fourth-order valence-electron chi connectivity index (χ4n) is 1.07. The van der Waals surface area contributed by atoms with Gasteiger partial charge in [-0.25, -0.2) is 0 Å². The first-order valence-electron chi connectivity index (χ1n) is 4.40. The maximum absolute atomic E-state index is 11.0. The van der Waals surface area contributed by atoms with Crippen molar-refractivity contribution in [3.63, 3.8) is 0 Å². The Morgan fingerprint density at radius 2 is 2.15 bits per heavy atom. The molecule has 0 unspecified atom stereocenters. The summed E-state index contributed by atoms with van der Waals surface area (Å²) in [5, 5.41) is 0. The van der Waals surface area contributed by atoms with Gasteiger partial charge < -0.3 is 0 Å². The van der Waals surface area contributed by atoms with Gasteiger partial charge in [0.05, 0.1) is 0 Å². The Balaban J connectivity index is 2.84. The number of hydrogen-bond acceptors (Lipinski definition) is 3. The summed E-state index contributed by atoms with van der Waals surface area (Å²) in [5.74, 6) is 0.158. The van der Waals surface area contributed by atoms with Crippen molar-refractivity contribution < 1.29 is 4.79 Å².